The lowest BCUT2D eigenvalue weighted by Crippen LogP contribution is -2.49. The number of nitrogens with zero attached hydrogens (tertiary/aromatic N) is 2. The van der Waals surface area contributed by atoms with Crippen LogP contribution in [0.3, 0.4) is 0 Å². The van der Waals surface area contributed by atoms with Gasteiger partial charge in [-0.3, -0.25) is 14.4 Å². The molecule has 2 aliphatic rings. The third-order valence-electron chi connectivity index (χ3n) is 7.12. The maximum Gasteiger partial charge on any atom is 0.275 e. The predicted octanol–water partition coefficient (Wildman–Crippen LogP) is 3.74. The molecule has 0 aliphatic carbocycles. The van der Waals surface area contributed by atoms with Crippen LogP contribution in [0.1, 0.15) is 44.9 Å². The third-order valence-corrected chi connectivity index (χ3v) is 7.12. The second-order valence-corrected chi connectivity index (χ2v) is 9.61. The number of rotatable bonds is 7. The van der Waals surface area contributed by atoms with Crippen molar-refractivity contribution in [3.05, 3.63) is 111 Å². The van der Waals surface area contributed by atoms with Crippen LogP contribution in [0.25, 0.3) is 0 Å². The second kappa shape index (κ2) is 11.0. The molecule has 3 atom stereocenters. The average molecular weight is 554 g/mol. The van der Waals surface area contributed by atoms with Crippen LogP contribution in [0, 0.1) is 17.5 Å². The lowest BCUT2D eigenvalue weighted by atomic mass is 10.0. The Hall–Kier alpha value is -4.38. The average Bonchev–Trinajstić information content (AvgIpc) is 3.07. The van der Waals surface area contributed by atoms with Gasteiger partial charge in [0.2, 0.25) is 5.43 Å². The van der Waals surface area contributed by atoms with E-state index in [1.165, 1.54) is 17.9 Å². The molecule has 8 nitrogen and oxygen atoms in total. The van der Waals surface area contributed by atoms with Gasteiger partial charge in [0, 0.05) is 50.1 Å². The van der Waals surface area contributed by atoms with E-state index in [2.05, 4.69) is 5.32 Å². The van der Waals surface area contributed by atoms with Crippen molar-refractivity contribution in [3.8, 4) is 5.75 Å². The number of fused-ring (bicyclic) bond motifs is 4. The molecule has 0 spiro atoms. The minimum absolute atomic E-state index is 0.0260. The van der Waals surface area contributed by atoms with Gasteiger partial charge in [-0.25, -0.2) is 13.2 Å². The highest BCUT2D eigenvalue weighted by atomic mass is 19.1. The number of amides is 2. The summed E-state index contributed by atoms with van der Waals surface area (Å²) in [5, 5.41) is 2.33. The maximum absolute atomic E-state index is 14.1. The first kappa shape index (κ1) is 27.2. The van der Waals surface area contributed by atoms with Crippen LogP contribution in [0.4, 0.5) is 13.2 Å². The first-order chi connectivity index (χ1) is 19.2. The Balaban J connectivity index is 1.58. The van der Waals surface area contributed by atoms with Gasteiger partial charge < -0.3 is 24.3 Å². The molecule has 2 amide bonds. The van der Waals surface area contributed by atoms with Gasteiger partial charge in [-0.05, 0) is 12.5 Å². The maximum atomic E-state index is 14.1. The van der Waals surface area contributed by atoms with Crippen molar-refractivity contribution >= 4 is 11.8 Å². The molecule has 1 aromatic heterocycles. The third kappa shape index (κ3) is 5.00. The summed E-state index contributed by atoms with van der Waals surface area (Å²) in [4.78, 5) is 42.2. The van der Waals surface area contributed by atoms with Crippen LogP contribution >= 0.6 is 0 Å². The summed E-state index contributed by atoms with van der Waals surface area (Å²) in [7, 11) is 1.51. The fraction of sp³-hybridized carbons (Fsp3) is 0.276. The molecule has 1 N–H and O–H groups in total. The molecule has 0 fully saturated rings. The van der Waals surface area contributed by atoms with Gasteiger partial charge >= 0.3 is 0 Å². The fourth-order valence-electron chi connectivity index (χ4n) is 4.97. The number of benzene rings is 2. The summed E-state index contributed by atoms with van der Waals surface area (Å²) in [6, 6.07) is 9.17. The number of carbonyl (C=O) groups is 2. The Bertz CT molecular complexity index is 1530. The van der Waals surface area contributed by atoms with Crippen LogP contribution in [-0.4, -0.2) is 47.1 Å². The summed E-state index contributed by atoms with van der Waals surface area (Å²) < 4.78 is 54.7. The first-order valence-electron chi connectivity index (χ1n) is 12.6. The standard InChI is InChI=1S/C29H26F3N3O5/c1-16-8-9-24(39-2)23-14-34(16)29(38)25-27(40-15-17-6-4-3-5-7-17)26(36)20(13-35(23)25)28(37)33-12-19-21(31)10-18(30)11-22(19)32/h3-11,13,16,23-24H,12,14-15H2,1-2H3,(H,33,37)/t16-,23+,24+/m0/s1. The molecule has 2 aromatic carbocycles. The van der Waals surface area contributed by atoms with Crippen LogP contribution in [0.2, 0.25) is 0 Å². The molecule has 0 unspecified atom stereocenters. The fourth-order valence-corrected chi connectivity index (χ4v) is 4.97. The minimum atomic E-state index is -1.18. The van der Waals surface area contributed by atoms with Crippen LogP contribution in [0.5, 0.6) is 5.75 Å². The van der Waals surface area contributed by atoms with E-state index in [0.717, 1.165) is 5.56 Å². The lowest BCUT2D eigenvalue weighted by Gasteiger charge is -2.39. The van der Waals surface area contributed by atoms with E-state index < -0.39 is 64.5 Å². The smallest absolute Gasteiger partial charge is 0.275 e. The topological polar surface area (TPSA) is 89.9 Å². The van der Waals surface area contributed by atoms with Crippen LogP contribution < -0.4 is 15.5 Å². The Morgan fingerprint density at radius 2 is 1.77 bits per heavy atom. The number of pyridine rings is 1. The zero-order valence-electron chi connectivity index (χ0n) is 21.7. The highest BCUT2D eigenvalue weighted by Crippen LogP contribution is 2.34. The molecule has 40 heavy (non-hydrogen) atoms. The summed E-state index contributed by atoms with van der Waals surface area (Å²) >= 11 is 0. The lowest BCUT2D eigenvalue weighted by molar-refractivity contribution is 0.0431. The Morgan fingerprint density at radius 3 is 2.45 bits per heavy atom. The molecule has 2 aliphatic heterocycles. The largest absolute Gasteiger partial charge is 0.483 e. The van der Waals surface area contributed by atoms with Crippen molar-refractivity contribution in [1.82, 2.24) is 14.8 Å². The zero-order valence-corrected chi connectivity index (χ0v) is 21.7. The molecule has 208 valence electrons. The highest BCUT2D eigenvalue weighted by molar-refractivity contribution is 5.99. The number of carbonyl (C=O) groups excluding carboxylic acids is 2. The van der Waals surface area contributed by atoms with Crippen molar-refractivity contribution in [2.75, 3.05) is 13.7 Å². The van der Waals surface area contributed by atoms with E-state index >= 15 is 0 Å². The van der Waals surface area contributed by atoms with Gasteiger partial charge in [0.25, 0.3) is 11.8 Å². The zero-order chi connectivity index (χ0) is 28.6. The van der Waals surface area contributed by atoms with Gasteiger partial charge in [0.05, 0.1) is 12.1 Å². The number of ether oxygens (including phenoxy) is 2. The van der Waals surface area contributed by atoms with Crippen molar-refractivity contribution in [3.63, 3.8) is 0 Å². The van der Waals surface area contributed by atoms with Gasteiger partial charge in [0.15, 0.2) is 11.4 Å². The van der Waals surface area contributed by atoms with E-state index in [1.54, 1.807) is 29.2 Å². The number of hydrogen-bond donors (Lipinski definition) is 1. The monoisotopic (exact) mass is 553 g/mol. The Morgan fingerprint density at radius 1 is 1.07 bits per heavy atom. The summed E-state index contributed by atoms with van der Waals surface area (Å²) in [5.74, 6) is -5.18. The second-order valence-electron chi connectivity index (χ2n) is 9.61. The quantitative estimate of drug-likeness (QED) is 0.451. The minimum Gasteiger partial charge on any atom is -0.483 e. The molecule has 11 heteroatoms. The summed E-state index contributed by atoms with van der Waals surface area (Å²) in [6.07, 6.45) is 4.40. The molecule has 3 heterocycles. The predicted molar refractivity (Wildman–Crippen MR) is 138 cm³/mol. The molecule has 0 radical (unpaired) electrons. The molecule has 0 saturated heterocycles. The van der Waals surface area contributed by atoms with Gasteiger partial charge in [0.1, 0.15) is 29.6 Å². The van der Waals surface area contributed by atoms with Crippen molar-refractivity contribution in [2.45, 2.75) is 38.3 Å². The van der Waals surface area contributed by atoms with Gasteiger partial charge in [-0.1, -0.05) is 42.5 Å². The molecule has 3 aromatic rings. The number of methoxy groups -OCH3 is 1. The number of hydrogen-bond acceptors (Lipinski definition) is 5. The number of halogens is 3. The SMILES string of the molecule is CO[C@@H]1C=C[C@H](C)N2C[C@H]1n1cc(C(=O)NCc3c(F)cc(F)cc3F)c(=O)c(OCc3ccccc3)c1C2=O. The molecule has 5 rings (SSSR count). The van der Waals surface area contributed by atoms with E-state index in [1.807, 2.05) is 25.1 Å². The molecule has 0 saturated carbocycles. The Labute approximate surface area is 227 Å². The highest BCUT2D eigenvalue weighted by Gasteiger charge is 2.41. The van der Waals surface area contributed by atoms with Crippen LogP contribution in [0.15, 0.2) is 65.6 Å². The van der Waals surface area contributed by atoms with E-state index in [9.17, 15) is 27.6 Å². The van der Waals surface area contributed by atoms with Crippen molar-refractivity contribution < 1.29 is 32.2 Å². The summed E-state index contributed by atoms with van der Waals surface area (Å²) in [5.41, 5.74) is -1.12. The van der Waals surface area contributed by atoms with Gasteiger partial charge in [-0.2, -0.15) is 0 Å². The van der Waals surface area contributed by atoms with Gasteiger partial charge in [-0.15, -0.1) is 0 Å². The van der Waals surface area contributed by atoms with E-state index in [-0.39, 0.29) is 30.6 Å². The first-order valence-corrected chi connectivity index (χ1v) is 12.6. The normalized spacial score (nSPS) is 19.7. The van der Waals surface area contributed by atoms with E-state index in [4.69, 9.17) is 9.47 Å². The molecular formula is C29H26F3N3O5. The van der Waals surface area contributed by atoms with Crippen LogP contribution in [-0.2, 0) is 17.9 Å². The Kier molecular flexibility index (Phi) is 7.49. The summed E-state index contributed by atoms with van der Waals surface area (Å²) in [6.45, 7) is 1.39. The molecular weight excluding hydrogens is 527 g/mol. The molecule has 2 bridgehead atoms. The van der Waals surface area contributed by atoms with Crippen molar-refractivity contribution in [2.24, 2.45) is 0 Å². The van der Waals surface area contributed by atoms with E-state index in [0.29, 0.717) is 12.1 Å². The van der Waals surface area contributed by atoms with Crippen molar-refractivity contribution in [1.29, 1.82) is 0 Å². The number of nitrogens with one attached hydrogen (secondary N) is 1. The number of aromatic nitrogens is 1.